The molecule has 1 aliphatic heterocycles. The molecule has 1 aliphatic rings. The molecule has 2 N–H and O–H groups in total. The third kappa shape index (κ3) is 3.79. The van der Waals surface area contributed by atoms with Crippen LogP contribution in [0, 0.1) is 5.82 Å². The Labute approximate surface area is 145 Å². The van der Waals surface area contributed by atoms with Crippen molar-refractivity contribution in [2.45, 2.75) is 19.3 Å². The van der Waals surface area contributed by atoms with E-state index in [0.29, 0.717) is 19.4 Å². The van der Waals surface area contributed by atoms with E-state index in [1.165, 1.54) is 17.7 Å². The Morgan fingerprint density at radius 3 is 2.80 bits per heavy atom. The standard InChI is InChI=1S/C19H19FN2O3/c20-16-12-14(23)7-8-15(16)19(25)21-10-3-6-18(24)22-11-9-13-4-1-2-5-17(13)22/h1-2,4-5,7-8,12,23H,3,6,9-11H2,(H,21,25). The van der Waals surface area contributed by atoms with Crippen LogP contribution in [-0.2, 0) is 11.2 Å². The van der Waals surface area contributed by atoms with Gasteiger partial charge in [0.15, 0.2) is 0 Å². The average Bonchev–Trinajstić information content (AvgIpc) is 3.02. The fourth-order valence-electron chi connectivity index (χ4n) is 2.96. The molecule has 0 fully saturated rings. The van der Waals surface area contributed by atoms with Crippen molar-refractivity contribution in [3.05, 3.63) is 59.4 Å². The van der Waals surface area contributed by atoms with Crippen LogP contribution in [-0.4, -0.2) is 30.0 Å². The van der Waals surface area contributed by atoms with Crippen LogP contribution in [0.5, 0.6) is 5.75 Å². The van der Waals surface area contributed by atoms with Gasteiger partial charge >= 0.3 is 0 Å². The number of nitrogens with zero attached hydrogens (tertiary/aromatic N) is 1. The first-order chi connectivity index (χ1) is 12.1. The van der Waals surface area contributed by atoms with E-state index in [0.717, 1.165) is 18.2 Å². The number of para-hydroxylation sites is 1. The highest BCUT2D eigenvalue weighted by atomic mass is 19.1. The van der Waals surface area contributed by atoms with Gasteiger partial charge in [0.05, 0.1) is 5.56 Å². The molecule has 0 saturated carbocycles. The molecule has 2 amide bonds. The van der Waals surface area contributed by atoms with Crippen LogP contribution in [0.2, 0.25) is 0 Å². The lowest BCUT2D eigenvalue weighted by Gasteiger charge is -2.17. The fourth-order valence-corrected chi connectivity index (χ4v) is 2.96. The van der Waals surface area contributed by atoms with Crippen molar-refractivity contribution < 1.29 is 19.1 Å². The minimum Gasteiger partial charge on any atom is -0.508 e. The van der Waals surface area contributed by atoms with E-state index in [2.05, 4.69) is 5.32 Å². The summed E-state index contributed by atoms with van der Waals surface area (Å²) in [5.41, 5.74) is 2.01. The van der Waals surface area contributed by atoms with E-state index in [1.807, 2.05) is 24.3 Å². The number of amides is 2. The van der Waals surface area contributed by atoms with Crippen molar-refractivity contribution in [2.75, 3.05) is 18.0 Å². The number of hydrogen-bond donors (Lipinski definition) is 2. The monoisotopic (exact) mass is 342 g/mol. The predicted molar refractivity (Wildman–Crippen MR) is 92.1 cm³/mol. The maximum Gasteiger partial charge on any atom is 0.254 e. The zero-order chi connectivity index (χ0) is 17.8. The van der Waals surface area contributed by atoms with Gasteiger partial charge in [-0.2, -0.15) is 0 Å². The molecule has 0 aromatic heterocycles. The van der Waals surface area contributed by atoms with E-state index in [-0.39, 0.29) is 23.8 Å². The van der Waals surface area contributed by atoms with Gasteiger partial charge in [-0.3, -0.25) is 9.59 Å². The molecule has 2 aromatic rings. The Bertz CT molecular complexity index is 807. The number of halogens is 1. The van der Waals surface area contributed by atoms with Gasteiger partial charge < -0.3 is 15.3 Å². The van der Waals surface area contributed by atoms with Gasteiger partial charge in [-0.1, -0.05) is 18.2 Å². The SMILES string of the molecule is O=C(NCCCC(=O)N1CCc2ccccc21)c1ccc(O)cc1F. The van der Waals surface area contributed by atoms with Crippen molar-refractivity contribution in [3.63, 3.8) is 0 Å². The maximum atomic E-state index is 13.6. The zero-order valence-electron chi connectivity index (χ0n) is 13.7. The highest BCUT2D eigenvalue weighted by molar-refractivity contribution is 5.96. The van der Waals surface area contributed by atoms with Crippen molar-refractivity contribution in [3.8, 4) is 5.75 Å². The van der Waals surface area contributed by atoms with Crippen molar-refractivity contribution in [1.29, 1.82) is 0 Å². The Hall–Kier alpha value is -2.89. The van der Waals surface area contributed by atoms with Crippen LogP contribution < -0.4 is 10.2 Å². The molecule has 0 aliphatic carbocycles. The molecule has 2 aromatic carbocycles. The molecule has 0 atom stereocenters. The number of benzene rings is 2. The highest BCUT2D eigenvalue weighted by Gasteiger charge is 2.23. The normalized spacial score (nSPS) is 12.8. The summed E-state index contributed by atoms with van der Waals surface area (Å²) in [6.45, 7) is 0.962. The number of carbonyl (C=O) groups is 2. The third-order valence-corrected chi connectivity index (χ3v) is 4.24. The first kappa shape index (κ1) is 17.0. The van der Waals surface area contributed by atoms with Crippen LogP contribution in [0.4, 0.5) is 10.1 Å². The molecule has 1 heterocycles. The average molecular weight is 342 g/mol. The second-order valence-corrected chi connectivity index (χ2v) is 5.95. The van der Waals surface area contributed by atoms with Crippen LogP contribution in [0.15, 0.2) is 42.5 Å². The molecule has 6 heteroatoms. The number of nitrogens with one attached hydrogen (secondary N) is 1. The van der Waals surface area contributed by atoms with Gasteiger partial charge in [0.2, 0.25) is 5.91 Å². The lowest BCUT2D eigenvalue weighted by atomic mass is 10.1. The predicted octanol–water partition coefficient (Wildman–Crippen LogP) is 2.63. The largest absolute Gasteiger partial charge is 0.508 e. The van der Waals surface area contributed by atoms with Crippen molar-refractivity contribution in [1.82, 2.24) is 5.32 Å². The number of phenols is 1. The van der Waals surface area contributed by atoms with Crippen LogP contribution in [0.25, 0.3) is 0 Å². The minimum atomic E-state index is -0.776. The summed E-state index contributed by atoms with van der Waals surface area (Å²) in [4.78, 5) is 26.0. The van der Waals surface area contributed by atoms with Gasteiger partial charge in [-0.05, 0) is 36.6 Å². The second-order valence-electron chi connectivity index (χ2n) is 5.95. The number of hydrogen-bond acceptors (Lipinski definition) is 3. The molecule has 0 saturated heterocycles. The number of rotatable bonds is 5. The lowest BCUT2D eigenvalue weighted by molar-refractivity contribution is -0.118. The third-order valence-electron chi connectivity index (χ3n) is 4.24. The van der Waals surface area contributed by atoms with E-state index < -0.39 is 11.7 Å². The molecule has 25 heavy (non-hydrogen) atoms. The number of carbonyl (C=O) groups excluding carboxylic acids is 2. The van der Waals surface area contributed by atoms with Gasteiger partial charge in [0.1, 0.15) is 11.6 Å². The van der Waals surface area contributed by atoms with Gasteiger partial charge in [-0.25, -0.2) is 4.39 Å². The summed E-state index contributed by atoms with van der Waals surface area (Å²) in [5.74, 6) is -1.54. The molecule has 0 radical (unpaired) electrons. The summed E-state index contributed by atoms with van der Waals surface area (Å²) < 4.78 is 13.6. The van der Waals surface area contributed by atoms with Crippen molar-refractivity contribution >= 4 is 17.5 Å². The van der Waals surface area contributed by atoms with Crippen molar-refractivity contribution in [2.24, 2.45) is 0 Å². The quantitative estimate of drug-likeness (QED) is 0.821. The molecule has 0 spiro atoms. The molecule has 130 valence electrons. The topological polar surface area (TPSA) is 69.6 Å². The summed E-state index contributed by atoms with van der Waals surface area (Å²) in [5, 5.41) is 11.7. The molecule has 0 unspecified atom stereocenters. The minimum absolute atomic E-state index is 0.0232. The summed E-state index contributed by atoms with van der Waals surface area (Å²) in [7, 11) is 0. The van der Waals surface area contributed by atoms with Gasteiger partial charge in [-0.15, -0.1) is 0 Å². The second kappa shape index (κ2) is 7.34. The van der Waals surface area contributed by atoms with Crippen LogP contribution in [0.3, 0.4) is 0 Å². The molecular formula is C19H19FN2O3. The lowest BCUT2D eigenvalue weighted by Crippen LogP contribution is -2.30. The Morgan fingerprint density at radius 1 is 1.20 bits per heavy atom. The van der Waals surface area contributed by atoms with Crippen LogP contribution >= 0.6 is 0 Å². The molecular weight excluding hydrogens is 323 g/mol. The summed E-state index contributed by atoms with van der Waals surface area (Å²) >= 11 is 0. The first-order valence-electron chi connectivity index (χ1n) is 8.21. The zero-order valence-corrected chi connectivity index (χ0v) is 13.7. The van der Waals surface area contributed by atoms with E-state index in [9.17, 15) is 14.0 Å². The number of aromatic hydroxyl groups is 1. The fraction of sp³-hybridized carbons (Fsp3) is 0.263. The van der Waals surface area contributed by atoms with Gasteiger partial charge in [0.25, 0.3) is 5.91 Å². The Morgan fingerprint density at radius 2 is 2.00 bits per heavy atom. The number of anilines is 1. The Balaban J connectivity index is 1.47. The molecule has 3 rings (SSSR count). The highest BCUT2D eigenvalue weighted by Crippen LogP contribution is 2.28. The van der Waals surface area contributed by atoms with E-state index >= 15 is 0 Å². The smallest absolute Gasteiger partial charge is 0.254 e. The van der Waals surface area contributed by atoms with E-state index in [4.69, 9.17) is 5.11 Å². The number of phenolic OH excluding ortho intramolecular Hbond substituents is 1. The maximum absolute atomic E-state index is 13.6. The van der Waals surface area contributed by atoms with E-state index in [1.54, 1.807) is 4.90 Å². The Kier molecular flexibility index (Phi) is 4.97. The summed E-state index contributed by atoms with van der Waals surface area (Å²) in [6.07, 6.45) is 1.65. The summed E-state index contributed by atoms with van der Waals surface area (Å²) in [6, 6.07) is 11.2. The molecule has 0 bridgehead atoms. The number of fused-ring (bicyclic) bond motifs is 1. The van der Waals surface area contributed by atoms with Gasteiger partial charge in [0, 0.05) is 31.3 Å². The first-order valence-corrected chi connectivity index (χ1v) is 8.21. The molecule has 5 nitrogen and oxygen atoms in total. The van der Waals surface area contributed by atoms with Crippen LogP contribution in [0.1, 0.15) is 28.8 Å².